The number of hydrogen-bond donors (Lipinski definition) is 1. The normalized spacial score (nSPS) is 15.6. The van der Waals surface area contributed by atoms with Gasteiger partial charge in [0.1, 0.15) is 6.26 Å². The van der Waals surface area contributed by atoms with Crippen molar-refractivity contribution >= 4 is 17.5 Å². The number of benzene rings is 2. The van der Waals surface area contributed by atoms with E-state index in [1.165, 1.54) is 6.26 Å². The third-order valence-corrected chi connectivity index (χ3v) is 5.50. The van der Waals surface area contributed by atoms with Crippen LogP contribution in [0.15, 0.2) is 65.3 Å². The van der Waals surface area contributed by atoms with Gasteiger partial charge in [-0.1, -0.05) is 48.0 Å². The van der Waals surface area contributed by atoms with Crippen LogP contribution in [0.5, 0.6) is 0 Å². The number of hydrogen-bond acceptors (Lipinski definition) is 5. The Bertz CT molecular complexity index is 971. The van der Waals surface area contributed by atoms with Crippen molar-refractivity contribution in [2.45, 2.75) is 12.5 Å². The molecular weight excluding hydrogens is 402 g/mol. The molecule has 0 aliphatic carbocycles. The predicted octanol–water partition coefficient (Wildman–Crippen LogP) is 3.73. The molecule has 1 N–H and O–H groups in total. The van der Waals surface area contributed by atoms with Crippen molar-refractivity contribution in [3.05, 3.63) is 77.1 Å². The van der Waals surface area contributed by atoms with Crippen LogP contribution in [0.2, 0.25) is 5.02 Å². The first-order chi connectivity index (χ1) is 14.7. The lowest BCUT2D eigenvalue weighted by Gasteiger charge is -2.35. The van der Waals surface area contributed by atoms with E-state index in [0.717, 1.165) is 24.2 Å². The molecule has 7 heteroatoms. The van der Waals surface area contributed by atoms with E-state index in [9.17, 15) is 4.79 Å². The second-order valence-corrected chi connectivity index (χ2v) is 7.58. The standard InChI is InChI=1S/C23H24ClN3O3/c24-20-9-5-4-8-19(20)21(27-10-12-29-13-11-27)15-25-22(28)14-18-16-30-23(26-18)17-6-2-1-3-7-17/h1-9,16,21H,10-15H2,(H,25,28). The summed E-state index contributed by atoms with van der Waals surface area (Å²) in [5.74, 6) is 0.411. The van der Waals surface area contributed by atoms with Crippen molar-refractivity contribution in [1.82, 2.24) is 15.2 Å². The quantitative estimate of drug-likeness (QED) is 0.624. The predicted molar refractivity (Wildman–Crippen MR) is 115 cm³/mol. The van der Waals surface area contributed by atoms with E-state index in [1.54, 1.807) is 0 Å². The average Bonchev–Trinajstić information content (AvgIpc) is 3.25. The molecule has 30 heavy (non-hydrogen) atoms. The van der Waals surface area contributed by atoms with Gasteiger partial charge in [-0.05, 0) is 23.8 Å². The highest BCUT2D eigenvalue weighted by Crippen LogP contribution is 2.28. The van der Waals surface area contributed by atoms with Crippen LogP contribution in [0.4, 0.5) is 0 Å². The third-order valence-electron chi connectivity index (χ3n) is 5.16. The Labute approximate surface area is 180 Å². The Morgan fingerprint density at radius 1 is 1.10 bits per heavy atom. The fraction of sp³-hybridized carbons (Fsp3) is 0.304. The zero-order valence-corrected chi connectivity index (χ0v) is 17.3. The van der Waals surface area contributed by atoms with E-state index in [4.69, 9.17) is 20.8 Å². The smallest absolute Gasteiger partial charge is 0.226 e. The number of ether oxygens (including phenoxy) is 1. The van der Waals surface area contributed by atoms with Crippen molar-refractivity contribution in [2.75, 3.05) is 32.8 Å². The summed E-state index contributed by atoms with van der Waals surface area (Å²) in [5.41, 5.74) is 2.50. The first kappa shape index (κ1) is 20.6. The number of nitrogens with one attached hydrogen (secondary N) is 1. The lowest BCUT2D eigenvalue weighted by Crippen LogP contribution is -2.44. The van der Waals surface area contributed by atoms with Gasteiger partial charge in [-0.3, -0.25) is 9.69 Å². The molecule has 4 rings (SSSR count). The van der Waals surface area contributed by atoms with E-state index >= 15 is 0 Å². The van der Waals surface area contributed by atoms with E-state index in [0.29, 0.717) is 36.4 Å². The van der Waals surface area contributed by atoms with E-state index in [2.05, 4.69) is 15.2 Å². The summed E-state index contributed by atoms with van der Waals surface area (Å²) in [6.07, 6.45) is 1.70. The minimum absolute atomic E-state index is 0.0104. The third kappa shape index (κ3) is 5.08. The average molecular weight is 426 g/mol. The minimum Gasteiger partial charge on any atom is -0.444 e. The van der Waals surface area contributed by atoms with Crippen LogP contribution < -0.4 is 5.32 Å². The summed E-state index contributed by atoms with van der Waals surface area (Å²) in [5, 5.41) is 3.74. The van der Waals surface area contributed by atoms with Crippen LogP contribution in [-0.4, -0.2) is 48.6 Å². The zero-order valence-electron chi connectivity index (χ0n) is 16.6. The van der Waals surface area contributed by atoms with Crippen molar-refractivity contribution in [2.24, 2.45) is 0 Å². The fourth-order valence-electron chi connectivity index (χ4n) is 3.61. The summed E-state index contributed by atoms with van der Waals surface area (Å²) >= 11 is 6.45. The number of nitrogens with zero attached hydrogens (tertiary/aromatic N) is 2. The van der Waals surface area contributed by atoms with Crippen LogP contribution in [0, 0.1) is 0 Å². The van der Waals surface area contributed by atoms with Gasteiger partial charge in [-0.15, -0.1) is 0 Å². The number of carbonyl (C=O) groups excluding carboxylic acids is 1. The Hall–Kier alpha value is -2.67. The largest absolute Gasteiger partial charge is 0.444 e. The molecule has 3 aromatic rings. The van der Waals surface area contributed by atoms with Gasteiger partial charge < -0.3 is 14.5 Å². The van der Waals surface area contributed by atoms with Crippen LogP contribution >= 0.6 is 11.6 Å². The molecule has 1 aliphatic heterocycles. The van der Waals surface area contributed by atoms with Gasteiger partial charge in [0.15, 0.2) is 0 Å². The first-order valence-electron chi connectivity index (χ1n) is 10.0. The van der Waals surface area contributed by atoms with Gasteiger partial charge >= 0.3 is 0 Å². The molecule has 1 aliphatic rings. The highest BCUT2D eigenvalue weighted by atomic mass is 35.5. The van der Waals surface area contributed by atoms with Gasteiger partial charge in [0, 0.05) is 30.2 Å². The number of halogens is 1. The molecule has 156 valence electrons. The summed E-state index contributed by atoms with van der Waals surface area (Å²) in [6.45, 7) is 3.42. The lowest BCUT2D eigenvalue weighted by molar-refractivity contribution is -0.120. The molecule has 2 heterocycles. The molecular formula is C23H24ClN3O3. The topological polar surface area (TPSA) is 67.6 Å². The Morgan fingerprint density at radius 3 is 2.60 bits per heavy atom. The van der Waals surface area contributed by atoms with Crippen molar-refractivity contribution < 1.29 is 13.9 Å². The van der Waals surface area contributed by atoms with E-state index in [1.807, 2.05) is 54.6 Å². The van der Waals surface area contributed by atoms with Crippen molar-refractivity contribution in [3.8, 4) is 11.5 Å². The molecule has 1 amide bonds. The second-order valence-electron chi connectivity index (χ2n) is 7.18. The Kier molecular flexibility index (Phi) is 6.79. The highest BCUT2D eigenvalue weighted by molar-refractivity contribution is 6.31. The maximum atomic E-state index is 12.6. The monoisotopic (exact) mass is 425 g/mol. The van der Waals surface area contributed by atoms with Crippen LogP contribution in [-0.2, 0) is 16.0 Å². The van der Waals surface area contributed by atoms with Gasteiger partial charge in [0.2, 0.25) is 11.8 Å². The summed E-state index contributed by atoms with van der Waals surface area (Å²) in [6, 6.07) is 17.4. The van der Waals surface area contributed by atoms with E-state index < -0.39 is 0 Å². The van der Waals surface area contributed by atoms with E-state index in [-0.39, 0.29) is 18.4 Å². The number of oxazole rings is 1. The maximum Gasteiger partial charge on any atom is 0.226 e. The number of morpholine rings is 1. The zero-order chi connectivity index (χ0) is 20.8. The number of amides is 1. The van der Waals surface area contributed by atoms with Gasteiger partial charge in [0.05, 0.1) is 31.4 Å². The van der Waals surface area contributed by atoms with Crippen LogP contribution in [0.3, 0.4) is 0 Å². The molecule has 0 spiro atoms. The molecule has 0 radical (unpaired) electrons. The summed E-state index contributed by atoms with van der Waals surface area (Å²) < 4.78 is 11.0. The number of aromatic nitrogens is 1. The van der Waals surface area contributed by atoms with Crippen molar-refractivity contribution in [1.29, 1.82) is 0 Å². The fourth-order valence-corrected chi connectivity index (χ4v) is 3.87. The molecule has 0 bridgehead atoms. The summed E-state index contributed by atoms with van der Waals surface area (Å²) in [7, 11) is 0. The van der Waals surface area contributed by atoms with Gasteiger partial charge in [-0.25, -0.2) is 4.98 Å². The Morgan fingerprint density at radius 2 is 1.83 bits per heavy atom. The molecule has 2 aromatic carbocycles. The van der Waals surface area contributed by atoms with Crippen LogP contribution in [0.25, 0.3) is 11.5 Å². The molecule has 6 nitrogen and oxygen atoms in total. The molecule has 1 fully saturated rings. The number of rotatable bonds is 7. The van der Waals surface area contributed by atoms with Crippen molar-refractivity contribution in [3.63, 3.8) is 0 Å². The molecule has 1 aromatic heterocycles. The molecule has 0 saturated carbocycles. The summed E-state index contributed by atoms with van der Waals surface area (Å²) in [4.78, 5) is 19.3. The molecule has 1 unspecified atom stereocenters. The Balaban J connectivity index is 1.40. The molecule has 1 saturated heterocycles. The highest BCUT2D eigenvalue weighted by Gasteiger charge is 2.25. The van der Waals surface area contributed by atoms with Gasteiger partial charge in [-0.2, -0.15) is 0 Å². The first-order valence-corrected chi connectivity index (χ1v) is 10.4. The van der Waals surface area contributed by atoms with Crippen LogP contribution in [0.1, 0.15) is 17.3 Å². The molecule has 1 atom stereocenters. The SMILES string of the molecule is O=C(Cc1coc(-c2ccccc2)n1)NCC(c1ccccc1Cl)N1CCOCC1. The maximum absolute atomic E-state index is 12.6. The lowest BCUT2D eigenvalue weighted by atomic mass is 10.0. The van der Waals surface area contributed by atoms with Gasteiger partial charge in [0.25, 0.3) is 0 Å². The second kappa shape index (κ2) is 9.89. The minimum atomic E-state index is -0.103. The number of carbonyl (C=O) groups is 1.